The van der Waals surface area contributed by atoms with Crippen molar-refractivity contribution in [3.05, 3.63) is 29.6 Å². The molecule has 1 atom stereocenters. The van der Waals surface area contributed by atoms with E-state index >= 15 is 0 Å². The second-order valence-corrected chi connectivity index (χ2v) is 6.08. The Bertz CT molecular complexity index is 524. The van der Waals surface area contributed by atoms with Gasteiger partial charge in [0, 0.05) is 25.0 Å². The molecule has 0 aliphatic carbocycles. The molecule has 2 fully saturated rings. The zero-order chi connectivity index (χ0) is 14.0. The third kappa shape index (κ3) is 2.51. The van der Waals surface area contributed by atoms with Gasteiger partial charge in [0.15, 0.2) is 0 Å². The molecule has 4 heteroatoms. The summed E-state index contributed by atoms with van der Waals surface area (Å²) < 4.78 is 14.2. The number of halogens is 1. The van der Waals surface area contributed by atoms with Crippen LogP contribution in [-0.2, 0) is 0 Å². The van der Waals surface area contributed by atoms with Crippen LogP contribution < -0.4 is 10.2 Å². The van der Waals surface area contributed by atoms with Crippen molar-refractivity contribution in [3.63, 3.8) is 0 Å². The van der Waals surface area contributed by atoms with Crippen molar-refractivity contribution < 1.29 is 4.39 Å². The van der Waals surface area contributed by atoms with Gasteiger partial charge >= 0.3 is 0 Å². The summed E-state index contributed by atoms with van der Waals surface area (Å²) in [6.45, 7) is 3.97. The number of piperidine rings is 2. The Morgan fingerprint density at radius 2 is 2.15 bits per heavy atom. The zero-order valence-electron chi connectivity index (χ0n) is 11.7. The maximum atomic E-state index is 14.2. The van der Waals surface area contributed by atoms with Gasteiger partial charge in [0.2, 0.25) is 0 Å². The average Bonchev–Trinajstić information content (AvgIpc) is 2.48. The van der Waals surface area contributed by atoms with E-state index in [-0.39, 0.29) is 5.82 Å². The number of nitrogens with one attached hydrogen (secondary N) is 1. The maximum Gasteiger partial charge on any atom is 0.147 e. The summed E-state index contributed by atoms with van der Waals surface area (Å²) in [6, 6.07) is 6.79. The van der Waals surface area contributed by atoms with Gasteiger partial charge in [-0.1, -0.05) is 0 Å². The van der Waals surface area contributed by atoms with Crippen LogP contribution >= 0.6 is 0 Å². The minimum atomic E-state index is -0.273. The molecule has 0 saturated carbocycles. The molecule has 0 radical (unpaired) electrons. The molecule has 2 aliphatic rings. The molecular weight excluding hydrogens is 253 g/mol. The fraction of sp³-hybridized carbons (Fsp3) is 0.562. The van der Waals surface area contributed by atoms with Gasteiger partial charge in [-0.25, -0.2) is 4.39 Å². The van der Waals surface area contributed by atoms with E-state index in [4.69, 9.17) is 5.26 Å². The van der Waals surface area contributed by atoms with Crippen molar-refractivity contribution in [3.8, 4) is 6.07 Å². The maximum absolute atomic E-state index is 14.2. The normalized spacial score (nSPS) is 26.5. The van der Waals surface area contributed by atoms with Crippen LogP contribution in [0.15, 0.2) is 18.2 Å². The van der Waals surface area contributed by atoms with Crippen LogP contribution in [0.25, 0.3) is 0 Å². The van der Waals surface area contributed by atoms with Gasteiger partial charge < -0.3 is 10.2 Å². The topological polar surface area (TPSA) is 39.1 Å². The fourth-order valence-corrected chi connectivity index (χ4v) is 3.63. The number of nitriles is 1. The van der Waals surface area contributed by atoms with E-state index in [1.807, 2.05) is 6.07 Å². The van der Waals surface area contributed by atoms with Gasteiger partial charge in [-0.15, -0.1) is 0 Å². The van der Waals surface area contributed by atoms with Crippen molar-refractivity contribution in [2.75, 3.05) is 31.1 Å². The molecule has 0 amide bonds. The predicted molar refractivity (Wildman–Crippen MR) is 77.1 cm³/mol. The molecular formula is C16H20FN3. The van der Waals surface area contributed by atoms with E-state index in [9.17, 15) is 4.39 Å². The van der Waals surface area contributed by atoms with E-state index in [1.165, 1.54) is 25.3 Å². The molecule has 2 heterocycles. The van der Waals surface area contributed by atoms with Gasteiger partial charge in [-0.2, -0.15) is 5.26 Å². The van der Waals surface area contributed by atoms with Crippen LogP contribution in [0.5, 0.6) is 0 Å². The van der Waals surface area contributed by atoms with Crippen LogP contribution in [-0.4, -0.2) is 26.2 Å². The smallest absolute Gasteiger partial charge is 0.147 e. The average molecular weight is 273 g/mol. The Labute approximate surface area is 119 Å². The molecule has 1 aromatic rings. The minimum Gasteiger partial charge on any atom is -0.369 e. The third-order valence-corrected chi connectivity index (χ3v) is 4.64. The lowest BCUT2D eigenvalue weighted by Crippen LogP contribution is -2.51. The van der Waals surface area contributed by atoms with E-state index < -0.39 is 0 Å². The van der Waals surface area contributed by atoms with Crippen LogP contribution in [0.2, 0.25) is 0 Å². The first kappa shape index (κ1) is 13.4. The summed E-state index contributed by atoms with van der Waals surface area (Å²) in [5.74, 6) is -0.273. The Balaban J connectivity index is 1.81. The van der Waals surface area contributed by atoms with Crippen molar-refractivity contribution in [1.82, 2.24) is 5.32 Å². The number of hydrogen-bond acceptors (Lipinski definition) is 3. The molecule has 3 rings (SSSR count). The first-order valence-electron chi connectivity index (χ1n) is 7.38. The molecule has 0 bridgehead atoms. The highest BCUT2D eigenvalue weighted by Gasteiger charge is 2.37. The quantitative estimate of drug-likeness (QED) is 0.855. The van der Waals surface area contributed by atoms with Crippen LogP contribution in [0.1, 0.15) is 31.2 Å². The summed E-state index contributed by atoms with van der Waals surface area (Å²) in [6.07, 6.45) is 4.79. The Hall–Kier alpha value is -1.60. The standard InChI is InChI=1S/C16H20FN3/c17-14-9-13(10-18)3-4-15(14)20-8-2-6-16(12-20)5-1-7-19-11-16/h3-4,9,19H,1-2,5-8,11-12H2. The largest absolute Gasteiger partial charge is 0.369 e. The number of benzene rings is 1. The molecule has 1 unspecified atom stereocenters. The molecule has 1 aromatic carbocycles. The van der Waals surface area contributed by atoms with Gasteiger partial charge in [-0.3, -0.25) is 0 Å². The lowest BCUT2D eigenvalue weighted by atomic mass is 9.74. The molecule has 20 heavy (non-hydrogen) atoms. The lowest BCUT2D eigenvalue weighted by Gasteiger charge is -2.46. The predicted octanol–water partition coefficient (Wildman–Crippen LogP) is 2.67. The Kier molecular flexibility index (Phi) is 3.62. The molecule has 2 saturated heterocycles. The zero-order valence-corrected chi connectivity index (χ0v) is 11.7. The van der Waals surface area contributed by atoms with E-state index in [0.717, 1.165) is 32.6 Å². The molecule has 3 nitrogen and oxygen atoms in total. The summed E-state index contributed by atoms with van der Waals surface area (Å²) >= 11 is 0. The minimum absolute atomic E-state index is 0.273. The summed E-state index contributed by atoms with van der Waals surface area (Å²) in [7, 11) is 0. The van der Waals surface area contributed by atoms with Gasteiger partial charge in [0.1, 0.15) is 5.82 Å². The van der Waals surface area contributed by atoms with Gasteiger partial charge in [0.25, 0.3) is 0 Å². The molecule has 1 N–H and O–H groups in total. The molecule has 106 valence electrons. The summed E-state index contributed by atoms with van der Waals surface area (Å²) in [5.41, 5.74) is 1.34. The highest BCUT2D eigenvalue weighted by molar-refractivity contribution is 5.51. The number of anilines is 1. The highest BCUT2D eigenvalue weighted by atomic mass is 19.1. The highest BCUT2D eigenvalue weighted by Crippen LogP contribution is 2.38. The summed E-state index contributed by atoms with van der Waals surface area (Å²) in [4.78, 5) is 2.16. The van der Waals surface area contributed by atoms with Crippen molar-refractivity contribution in [2.45, 2.75) is 25.7 Å². The SMILES string of the molecule is N#Cc1ccc(N2CCCC3(CCCNC3)C2)c(F)c1. The Morgan fingerprint density at radius 1 is 1.30 bits per heavy atom. The second kappa shape index (κ2) is 5.41. The van der Waals surface area contributed by atoms with Crippen LogP contribution in [0.4, 0.5) is 10.1 Å². The van der Waals surface area contributed by atoms with E-state index in [2.05, 4.69) is 10.2 Å². The Morgan fingerprint density at radius 3 is 2.85 bits per heavy atom. The van der Waals surface area contributed by atoms with Gasteiger partial charge in [0.05, 0.1) is 17.3 Å². The molecule has 0 aromatic heterocycles. The van der Waals surface area contributed by atoms with E-state index in [0.29, 0.717) is 16.7 Å². The second-order valence-electron chi connectivity index (χ2n) is 6.08. The lowest BCUT2D eigenvalue weighted by molar-refractivity contribution is 0.173. The van der Waals surface area contributed by atoms with Crippen LogP contribution in [0, 0.1) is 22.6 Å². The van der Waals surface area contributed by atoms with Crippen molar-refractivity contribution >= 4 is 5.69 Å². The third-order valence-electron chi connectivity index (χ3n) is 4.64. The van der Waals surface area contributed by atoms with Crippen molar-refractivity contribution in [2.24, 2.45) is 5.41 Å². The number of rotatable bonds is 1. The number of nitrogens with zero attached hydrogens (tertiary/aromatic N) is 2. The van der Waals surface area contributed by atoms with Crippen molar-refractivity contribution in [1.29, 1.82) is 5.26 Å². The fourth-order valence-electron chi connectivity index (χ4n) is 3.63. The molecule has 2 aliphatic heterocycles. The first-order chi connectivity index (χ1) is 9.72. The summed E-state index contributed by atoms with van der Waals surface area (Å²) in [5, 5.41) is 12.3. The molecule has 1 spiro atoms. The monoisotopic (exact) mass is 273 g/mol. The van der Waals surface area contributed by atoms with Gasteiger partial charge in [-0.05, 0) is 50.4 Å². The number of hydrogen-bond donors (Lipinski definition) is 1. The van der Waals surface area contributed by atoms with E-state index in [1.54, 1.807) is 12.1 Å². The first-order valence-corrected chi connectivity index (χ1v) is 7.38. The van der Waals surface area contributed by atoms with Crippen LogP contribution in [0.3, 0.4) is 0 Å².